The van der Waals surface area contributed by atoms with E-state index in [1.165, 1.54) is 0 Å². The number of benzene rings is 1. The van der Waals surface area contributed by atoms with E-state index in [0.717, 1.165) is 47.9 Å². The van der Waals surface area contributed by atoms with Crippen molar-refractivity contribution >= 4 is 16.8 Å². The Morgan fingerprint density at radius 1 is 1.35 bits per heavy atom. The highest BCUT2D eigenvalue weighted by atomic mass is 16.5. The SMILES string of the molecule is COc1ccc2c(c1)c(C1(C(N)=O)CCCC1)cn2C. The molecule has 0 unspecified atom stereocenters. The zero-order valence-electron chi connectivity index (χ0n) is 12.0. The summed E-state index contributed by atoms with van der Waals surface area (Å²) < 4.78 is 7.38. The van der Waals surface area contributed by atoms with Crippen LogP contribution in [0, 0.1) is 0 Å². The van der Waals surface area contributed by atoms with Gasteiger partial charge in [-0.05, 0) is 36.6 Å². The maximum absolute atomic E-state index is 12.1. The first-order chi connectivity index (χ1) is 9.58. The van der Waals surface area contributed by atoms with Gasteiger partial charge in [-0.3, -0.25) is 4.79 Å². The summed E-state index contributed by atoms with van der Waals surface area (Å²) in [5.74, 6) is 0.605. The summed E-state index contributed by atoms with van der Waals surface area (Å²) in [4.78, 5) is 12.1. The number of carbonyl (C=O) groups excluding carboxylic acids is 1. The molecule has 4 heteroatoms. The number of carbonyl (C=O) groups is 1. The van der Waals surface area contributed by atoms with Gasteiger partial charge in [0.2, 0.25) is 5.91 Å². The third-order valence-corrected chi connectivity index (χ3v) is 4.64. The molecule has 1 fully saturated rings. The van der Waals surface area contributed by atoms with Crippen molar-refractivity contribution in [2.75, 3.05) is 7.11 Å². The van der Waals surface area contributed by atoms with Gasteiger partial charge in [0.25, 0.3) is 0 Å². The lowest BCUT2D eigenvalue weighted by Gasteiger charge is -2.24. The van der Waals surface area contributed by atoms with Crippen LogP contribution in [-0.2, 0) is 17.3 Å². The molecule has 0 saturated heterocycles. The second kappa shape index (κ2) is 4.54. The summed E-state index contributed by atoms with van der Waals surface area (Å²) in [5.41, 5.74) is 7.41. The maximum Gasteiger partial charge on any atom is 0.228 e. The van der Waals surface area contributed by atoms with Crippen molar-refractivity contribution in [3.05, 3.63) is 30.0 Å². The first-order valence-corrected chi connectivity index (χ1v) is 7.02. The molecule has 0 bridgehead atoms. The summed E-state index contributed by atoms with van der Waals surface area (Å²) in [7, 11) is 3.66. The molecule has 4 nitrogen and oxygen atoms in total. The molecule has 2 N–H and O–H groups in total. The number of ether oxygens (including phenoxy) is 1. The monoisotopic (exact) mass is 272 g/mol. The van der Waals surface area contributed by atoms with Crippen molar-refractivity contribution in [3.8, 4) is 5.75 Å². The molecule has 0 aliphatic heterocycles. The Hall–Kier alpha value is -1.97. The normalized spacial score (nSPS) is 17.5. The molecule has 0 spiro atoms. The van der Waals surface area contributed by atoms with Crippen LogP contribution in [0.3, 0.4) is 0 Å². The van der Waals surface area contributed by atoms with Crippen LogP contribution in [0.15, 0.2) is 24.4 Å². The highest BCUT2D eigenvalue weighted by Crippen LogP contribution is 2.44. The lowest BCUT2D eigenvalue weighted by Crippen LogP contribution is -2.38. The highest BCUT2D eigenvalue weighted by molar-refractivity contribution is 5.95. The van der Waals surface area contributed by atoms with E-state index in [2.05, 4.69) is 10.8 Å². The molecule has 3 rings (SSSR count). The van der Waals surface area contributed by atoms with Gasteiger partial charge in [0.05, 0.1) is 12.5 Å². The van der Waals surface area contributed by atoms with Gasteiger partial charge < -0.3 is 15.0 Å². The molecule has 1 aliphatic carbocycles. The predicted molar refractivity (Wildman–Crippen MR) is 78.8 cm³/mol. The van der Waals surface area contributed by atoms with Gasteiger partial charge in [-0.1, -0.05) is 12.8 Å². The molecular weight excluding hydrogens is 252 g/mol. The van der Waals surface area contributed by atoms with Gasteiger partial charge in [-0.25, -0.2) is 0 Å². The van der Waals surface area contributed by atoms with Crippen LogP contribution in [-0.4, -0.2) is 17.6 Å². The van der Waals surface area contributed by atoms with Gasteiger partial charge in [0.15, 0.2) is 0 Å². The average Bonchev–Trinajstić information content (AvgIpc) is 3.04. The smallest absolute Gasteiger partial charge is 0.228 e. The third kappa shape index (κ3) is 1.71. The number of fused-ring (bicyclic) bond motifs is 1. The molecule has 1 aliphatic rings. The van der Waals surface area contributed by atoms with E-state index >= 15 is 0 Å². The molecule has 1 aromatic carbocycles. The Bertz CT molecular complexity index is 666. The van der Waals surface area contributed by atoms with Crippen LogP contribution in [0.4, 0.5) is 0 Å². The molecule has 1 heterocycles. The zero-order valence-corrected chi connectivity index (χ0v) is 12.0. The number of aromatic nitrogens is 1. The topological polar surface area (TPSA) is 57.2 Å². The van der Waals surface area contributed by atoms with Crippen LogP contribution in [0.2, 0.25) is 0 Å². The molecule has 1 aromatic heterocycles. The Kier molecular flexibility index (Phi) is 2.96. The number of hydrogen-bond donors (Lipinski definition) is 1. The Labute approximate surface area is 118 Å². The summed E-state index contributed by atoms with van der Waals surface area (Å²) in [6, 6.07) is 5.98. The fraction of sp³-hybridized carbons (Fsp3) is 0.438. The Morgan fingerprint density at radius 3 is 2.65 bits per heavy atom. The first-order valence-electron chi connectivity index (χ1n) is 7.02. The third-order valence-electron chi connectivity index (χ3n) is 4.64. The van der Waals surface area contributed by atoms with E-state index in [1.807, 2.05) is 25.2 Å². The van der Waals surface area contributed by atoms with Crippen LogP contribution in [0.5, 0.6) is 5.75 Å². The van der Waals surface area contributed by atoms with Crippen LogP contribution in [0.1, 0.15) is 31.2 Å². The number of nitrogens with zero attached hydrogens (tertiary/aromatic N) is 1. The van der Waals surface area contributed by atoms with E-state index in [-0.39, 0.29) is 5.91 Å². The fourth-order valence-corrected chi connectivity index (χ4v) is 3.51. The van der Waals surface area contributed by atoms with Crippen molar-refractivity contribution in [2.24, 2.45) is 12.8 Å². The van der Waals surface area contributed by atoms with Crippen LogP contribution >= 0.6 is 0 Å². The minimum Gasteiger partial charge on any atom is -0.497 e. The van der Waals surface area contributed by atoms with Crippen LogP contribution in [0.25, 0.3) is 10.9 Å². The van der Waals surface area contributed by atoms with Crippen molar-refractivity contribution < 1.29 is 9.53 Å². The van der Waals surface area contributed by atoms with E-state index < -0.39 is 5.41 Å². The standard InChI is InChI=1S/C16H20N2O2/c1-18-10-13(16(15(17)19)7-3-4-8-16)12-9-11(20-2)5-6-14(12)18/h5-6,9-10H,3-4,7-8H2,1-2H3,(H2,17,19). The largest absolute Gasteiger partial charge is 0.497 e. The predicted octanol–water partition coefficient (Wildman–Crippen LogP) is 2.48. The minimum atomic E-state index is -0.508. The number of primary amides is 1. The second-order valence-corrected chi connectivity index (χ2v) is 5.69. The molecule has 0 radical (unpaired) electrons. The minimum absolute atomic E-state index is 0.203. The van der Waals surface area contributed by atoms with Gasteiger partial charge >= 0.3 is 0 Å². The Morgan fingerprint density at radius 2 is 2.05 bits per heavy atom. The summed E-state index contributed by atoms with van der Waals surface area (Å²) in [5, 5.41) is 1.08. The van der Waals surface area contributed by atoms with Gasteiger partial charge in [0.1, 0.15) is 5.75 Å². The van der Waals surface area contributed by atoms with Crippen molar-refractivity contribution in [2.45, 2.75) is 31.1 Å². The molecule has 0 atom stereocenters. The average molecular weight is 272 g/mol. The molecule has 1 saturated carbocycles. The van der Waals surface area contributed by atoms with Crippen LogP contribution < -0.4 is 10.5 Å². The van der Waals surface area contributed by atoms with E-state index in [0.29, 0.717) is 0 Å². The van der Waals surface area contributed by atoms with E-state index in [4.69, 9.17) is 10.5 Å². The van der Waals surface area contributed by atoms with Gasteiger partial charge in [0, 0.05) is 24.1 Å². The van der Waals surface area contributed by atoms with Crippen molar-refractivity contribution in [1.82, 2.24) is 4.57 Å². The Balaban J connectivity index is 2.27. The molecule has 1 amide bonds. The number of aryl methyl sites for hydroxylation is 1. The number of methoxy groups -OCH3 is 1. The number of hydrogen-bond acceptors (Lipinski definition) is 2. The second-order valence-electron chi connectivity index (χ2n) is 5.69. The number of nitrogens with two attached hydrogens (primary N) is 1. The first kappa shape index (κ1) is 13.0. The van der Waals surface area contributed by atoms with Crippen molar-refractivity contribution in [3.63, 3.8) is 0 Å². The summed E-state index contributed by atoms with van der Waals surface area (Å²) in [6.07, 6.45) is 5.87. The molecule has 106 valence electrons. The summed E-state index contributed by atoms with van der Waals surface area (Å²) >= 11 is 0. The molecule has 2 aromatic rings. The summed E-state index contributed by atoms with van der Waals surface area (Å²) in [6.45, 7) is 0. The zero-order chi connectivity index (χ0) is 14.3. The molecule has 20 heavy (non-hydrogen) atoms. The maximum atomic E-state index is 12.1. The lowest BCUT2D eigenvalue weighted by molar-refractivity contribution is -0.123. The highest BCUT2D eigenvalue weighted by Gasteiger charge is 2.43. The van der Waals surface area contributed by atoms with E-state index in [1.54, 1.807) is 7.11 Å². The van der Waals surface area contributed by atoms with Gasteiger partial charge in [-0.15, -0.1) is 0 Å². The number of amides is 1. The quantitative estimate of drug-likeness (QED) is 0.933. The number of rotatable bonds is 3. The van der Waals surface area contributed by atoms with Gasteiger partial charge in [-0.2, -0.15) is 0 Å². The fourth-order valence-electron chi connectivity index (χ4n) is 3.51. The molecular formula is C16H20N2O2. The van der Waals surface area contributed by atoms with Crippen molar-refractivity contribution in [1.29, 1.82) is 0 Å². The van der Waals surface area contributed by atoms with E-state index in [9.17, 15) is 4.79 Å². The lowest BCUT2D eigenvalue weighted by atomic mass is 9.78.